The van der Waals surface area contributed by atoms with Crippen LogP contribution in [0.25, 0.3) is 17.1 Å². The first-order valence-corrected chi connectivity index (χ1v) is 9.59. The van der Waals surface area contributed by atoms with E-state index in [0.29, 0.717) is 18.7 Å². The van der Waals surface area contributed by atoms with Crippen LogP contribution >= 0.6 is 0 Å². The molecule has 0 radical (unpaired) electrons. The third-order valence-electron chi connectivity index (χ3n) is 4.85. The van der Waals surface area contributed by atoms with Gasteiger partial charge in [-0.3, -0.25) is 9.59 Å². The number of carbonyl (C=O) groups excluding carboxylic acids is 2. The lowest BCUT2D eigenvalue weighted by molar-refractivity contribution is -0.137. The van der Waals surface area contributed by atoms with Gasteiger partial charge in [0, 0.05) is 31.6 Å². The van der Waals surface area contributed by atoms with Crippen molar-refractivity contribution < 1.29 is 22.8 Å². The second-order valence-corrected chi connectivity index (χ2v) is 6.98. The van der Waals surface area contributed by atoms with Crippen LogP contribution < -0.4 is 5.32 Å². The SMILES string of the molecule is O=C1CCN(C(=O)c2nc(-c3ccccc3)n(-c3cccc(C(F)(F)F)c3)n2)CCN1. The van der Waals surface area contributed by atoms with Gasteiger partial charge in [-0.05, 0) is 18.2 Å². The summed E-state index contributed by atoms with van der Waals surface area (Å²) in [6, 6.07) is 13.5. The van der Waals surface area contributed by atoms with E-state index in [2.05, 4.69) is 15.4 Å². The highest BCUT2D eigenvalue weighted by atomic mass is 19.4. The number of aromatic nitrogens is 3. The Labute approximate surface area is 175 Å². The molecule has 0 unspecified atom stereocenters. The minimum atomic E-state index is -4.52. The molecule has 0 atom stereocenters. The molecule has 0 bridgehead atoms. The van der Waals surface area contributed by atoms with E-state index in [9.17, 15) is 22.8 Å². The maximum absolute atomic E-state index is 13.2. The Balaban J connectivity index is 1.77. The summed E-state index contributed by atoms with van der Waals surface area (Å²) in [5, 5.41) is 6.93. The summed E-state index contributed by atoms with van der Waals surface area (Å²) in [5.74, 6) is -0.542. The smallest absolute Gasteiger partial charge is 0.354 e. The highest BCUT2D eigenvalue weighted by Crippen LogP contribution is 2.31. The van der Waals surface area contributed by atoms with Gasteiger partial charge in [0.25, 0.3) is 5.91 Å². The molecule has 2 aromatic carbocycles. The zero-order valence-electron chi connectivity index (χ0n) is 16.3. The van der Waals surface area contributed by atoms with Gasteiger partial charge in [-0.25, -0.2) is 9.67 Å². The fraction of sp³-hybridized carbons (Fsp3) is 0.238. The summed E-state index contributed by atoms with van der Waals surface area (Å²) in [7, 11) is 0. The zero-order valence-corrected chi connectivity index (χ0v) is 16.3. The van der Waals surface area contributed by atoms with E-state index in [0.717, 1.165) is 12.1 Å². The predicted molar refractivity (Wildman–Crippen MR) is 105 cm³/mol. The van der Waals surface area contributed by atoms with Crippen LogP contribution in [-0.2, 0) is 11.0 Å². The first kappa shape index (κ1) is 20.6. The molecule has 7 nitrogen and oxygen atoms in total. The van der Waals surface area contributed by atoms with Gasteiger partial charge in [-0.1, -0.05) is 36.4 Å². The van der Waals surface area contributed by atoms with Crippen molar-refractivity contribution >= 4 is 11.8 Å². The summed E-state index contributed by atoms with van der Waals surface area (Å²) in [6.45, 7) is 0.817. The summed E-state index contributed by atoms with van der Waals surface area (Å²) in [6.07, 6.45) is -4.36. The molecule has 4 rings (SSSR count). The van der Waals surface area contributed by atoms with Crippen molar-refractivity contribution in [3.63, 3.8) is 0 Å². The number of nitrogens with zero attached hydrogens (tertiary/aromatic N) is 4. The maximum Gasteiger partial charge on any atom is 0.416 e. The lowest BCUT2D eigenvalue weighted by Crippen LogP contribution is -2.35. The molecule has 3 aromatic rings. The first-order chi connectivity index (χ1) is 14.8. The molecule has 1 fully saturated rings. The summed E-state index contributed by atoms with van der Waals surface area (Å²) in [5.41, 5.74) is -0.100. The highest BCUT2D eigenvalue weighted by molar-refractivity contribution is 5.91. The Morgan fingerprint density at radius 1 is 1.03 bits per heavy atom. The van der Waals surface area contributed by atoms with Gasteiger partial charge < -0.3 is 10.2 Å². The molecular formula is C21H18F3N5O2. The van der Waals surface area contributed by atoms with Crippen molar-refractivity contribution in [3.05, 3.63) is 66.0 Å². The molecule has 31 heavy (non-hydrogen) atoms. The van der Waals surface area contributed by atoms with E-state index in [1.165, 1.54) is 21.7 Å². The monoisotopic (exact) mass is 429 g/mol. The quantitative estimate of drug-likeness (QED) is 0.694. The van der Waals surface area contributed by atoms with E-state index in [-0.39, 0.29) is 36.2 Å². The lowest BCUT2D eigenvalue weighted by atomic mass is 10.2. The fourth-order valence-corrected chi connectivity index (χ4v) is 3.28. The van der Waals surface area contributed by atoms with E-state index in [1.54, 1.807) is 30.3 Å². The molecule has 1 N–H and O–H groups in total. The second-order valence-electron chi connectivity index (χ2n) is 6.98. The van der Waals surface area contributed by atoms with Gasteiger partial charge in [-0.2, -0.15) is 13.2 Å². The molecule has 1 saturated heterocycles. The van der Waals surface area contributed by atoms with Crippen molar-refractivity contribution in [3.8, 4) is 17.1 Å². The van der Waals surface area contributed by atoms with Crippen LogP contribution in [-0.4, -0.2) is 51.1 Å². The van der Waals surface area contributed by atoms with Crippen LogP contribution in [0, 0.1) is 0 Å². The molecule has 1 aromatic heterocycles. The largest absolute Gasteiger partial charge is 0.416 e. The lowest BCUT2D eigenvalue weighted by Gasteiger charge is -2.17. The number of hydrogen-bond donors (Lipinski definition) is 1. The van der Waals surface area contributed by atoms with E-state index >= 15 is 0 Å². The zero-order chi connectivity index (χ0) is 22.0. The molecule has 1 aliphatic heterocycles. The van der Waals surface area contributed by atoms with Gasteiger partial charge in [0.2, 0.25) is 11.7 Å². The van der Waals surface area contributed by atoms with Crippen LogP contribution in [0.5, 0.6) is 0 Å². The summed E-state index contributed by atoms with van der Waals surface area (Å²) >= 11 is 0. The average molecular weight is 429 g/mol. The number of nitrogens with one attached hydrogen (secondary N) is 1. The Hall–Kier alpha value is -3.69. The van der Waals surface area contributed by atoms with Crippen molar-refractivity contribution in [1.29, 1.82) is 0 Å². The minimum absolute atomic E-state index is 0.132. The molecule has 1 aliphatic rings. The summed E-state index contributed by atoms with van der Waals surface area (Å²) < 4.78 is 40.9. The number of rotatable bonds is 3. The number of halogens is 3. The predicted octanol–water partition coefficient (Wildman–Crippen LogP) is 2.92. The normalized spacial score (nSPS) is 14.8. The average Bonchev–Trinajstić information content (AvgIpc) is 3.10. The van der Waals surface area contributed by atoms with Crippen molar-refractivity contribution in [2.75, 3.05) is 19.6 Å². The first-order valence-electron chi connectivity index (χ1n) is 9.59. The molecule has 2 heterocycles. The molecule has 10 heteroatoms. The Morgan fingerprint density at radius 2 is 1.81 bits per heavy atom. The number of hydrogen-bond acceptors (Lipinski definition) is 4. The number of amides is 2. The van der Waals surface area contributed by atoms with Gasteiger partial charge in [0.1, 0.15) is 0 Å². The van der Waals surface area contributed by atoms with Crippen LogP contribution in [0.3, 0.4) is 0 Å². The summed E-state index contributed by atoms with van der Waals surface area (Å²) in [4.78, 5) is 30.3. The standard InChI is InChI=1S/C21H18F3N5O2/c22-21(23,24)15-7-4-8-16(13-15)29-19(14-5-2-1-3-6-14)26-18(27-29)20(31)28-11-9-17(30)25-10-12-28/h1-8,13H,9-12H2,(H,25,30). The number of benzene rings is 2. The maximum atomic E-state index is 13.2. The van der Waals surface area contributed by atoms with Crippen LogP contribution in [0.15, 0.2) is 54.6 Å². The van der Waals surface area contributed by atoms with Gasteiger partial charge in [0.15, 0.2) is 5.82 Å². The molecular weight excluding hydrogens is 411 g/mol. The Bertz CT molecular complexity index is 1110. The van der Waals surface area contributed by atoms with Crippen molar-refractivity contribution in [1.82, 2.24) is 25.0 Å². The number of alkyl halides is 3. The molecule has 160 valence electrons. The topological polar surface area (TPSA) is 80.1 Å². The van der Waals surface area contributed by atoms with E-state index in [1.807, 2.05) is 0 Å². The van der Waals surface area contributed by atoms with Gasteiger partial charge >= 0.3 is 6.18 Å². The Kier molecular flexibility index (Phi) is 5.45. The minimum Gasteiger partial charge on any atom is -0.354 e. The van der Waals surface area contributed by atoms with E-state index in [4.69, 9.17) is 0 Å². The van der Waals surface area contributed by atoms with E-state index < -0.39 is 17.6 Å². The Morgan fingerprint density at radius 3 is 2.55 bits per heavy atom. The molecule has 0 saturated carbocycles. The van der Waals surface area contributed by atoms with Crippen molar-refractivity contribution in [2.45, 2.75) is 12.6 Å². The third kappa shape index (κ3) is 4.42. The molecule has 2 amide bonds. The van der Waals surface area contributed by atoms with Crippen molar-refractivity contribution in [2.24, 2.45) is 0 Å². The van der Waals surface area contributed by atoms with Crippen LogP contribution in [0.2, 0.25) is 0 Å². The highest BCUT2D eigenvalue weighted by Gasteiger charge is 2.31. The third-order valence-corrected chi connectivity index (χ3v) is 4.85. The van der Waals surface area contributed by atoms with Gasteiger partial charge in [-0.15, -0.1) is 5.10 Å². The molecule has 0 spiro atoms. The molecule has 0 aliphatic carbocycles. The van der Waals surface area contributed by atoms with Crippen LogP contribution in [0.4, 0.5) is 13.2 Å². The van der Waals surface area contributed by atoms with Crippen LogP contribution in [0.1, 0.15) is 22.6 Å². The fourth-order valence-electron chi connectivity index (χ4n) is 3.28. The van der Waals surface area contributed by atoms with Gasteiger partial charge in [0.05, 0.1) is 11.3 Å². The number of carbonyl (C=O) groups is 2. The second kappa shape index (κ2) is 8.21.